The molecule has 5 nitrogen and oxygen atoms in total. The monoisotopic (exact) mass is 318 g/mol. The third-order valence-electron chi connectivity index (χ3n) is 3.57. The van der Waals surface area contributed by atoms with E-state index in [0.29, 0.717) is 18.8 Å². The van der Waals surface area contributed by atoms with Crippen LogP contribution in [0.3, 0.4) is 0 Å². The van der Waals surface area contributed by atoms with E-state index in [1.165, 1.54) is 0 Å². The molecule has 0 saturated carbocycles. The molecule has 0 spiro atoms. The zero-order chi connectivity index (χ0) is 16.8. The summed E-state index contributed by atoms with van der Waals surface area (Å²) in [6, 6.07) is 19.4. The van der Waals surface area contributed by atoms with Crippen molar-refractivity contribution in [2.45, 2.75) is 6.54 Å². The molecule has 0 aliphatic heterocycles. The summed E-state index contributed by atoms with van der Waals surface area (Å²) >= 11 is 0. The number of hydrogen-bond donors (Lipinski definition) is 0. The minimum absolute atomic E-state index is 0.194. The summed E-state index contributed by atoms with van der Waals surface area (Å²) in [7, 11) is 0. The van der Waals surface area contributed by atoms with Crippen LogP contribution in [-0.4, -0.2) is 27.4 Å². The van der Waals surface area contributed by atoms with Crippen LogP contribution in [0, 0.1) is 0 Å². The molecule has 1 heterocycles. The Labute approximate surface area is 140 Å². The Balaban J connectivity index is 1.80. The highest BCUT2D eigenvalue weighted by atomic mass is 16.2. The topological polar surface area (TPSA) is 51.0 Å². The fraction of sp³-hybridized carbons (Fsp3) is 0.105. The van der Waals surface area contributed by atoms with Crippen LogP contribution in [0.4, 0.5) is 5.69 Å². The smallest absolute Gasteiger partial charge is 0.280 e. The van der Waals surface area contributed by atoms with Crippen molar-refractivity contribution in [3.8, 4) is 0 Å². The van der Waals surface area contributed by atoms with Gasteiger partial charge in [0.1, 0.15) is 0 Å². The van der Waals surface area contributed by atoms with Gasteiger partial charge < -0.3 is 4.90 Å². The van der Waals surface area contributed by atoms with Crippen LogP contribution in [0.2, 0.25) is 0 Å². The van der Waals surface area contributed by atoms with Crippen molar-refractivity contribution in [1.82, 2.24) is 15.0 Å². The second-order valence-corrected chi connectivity index (χ2v) is 5.33. The number of anilines is 1. The molecule has 0 atom stereocenters. The van der Waals surface area contributed by atoms with Crippen LogP contribution in [-0.2, 0) is 6.54 Å². The SMILES string of the molecule is C=CCN(C(=O)c1cn(Cc2ccccc2)nn1)c1ccccc1. The fourth-order valence-corrected chi connectivity index (χ4v) is 2.43. The first kappa shape index (κ1) is 15.7. The van der Waals surface area contributed by atoms with Crippen molar-refractivity contribution in [2.24, 2.45) is 0 Å². The summed E-state index contributed by atoms with van der Waals surface area (Å²) < 4.78 is 1.67. The van der Waals surface area contributed by atoms with Crippen LogP contribution < -0.4 is 4.90 Å². The molecule has 0 unspecified atom stereocenters. The molecule has 0 radical (unpaired) electrons. The third-order valence-corrected chi connectivity index (χ3v) is 3.57. The van der Waals surface area contributed by atoms with Gasteiger partial charge in [-0.1, -0.05) is 59.8 Å². The van der Waals surface area contributed by atoms with Crippen molar-refractivity contribution < 1.29 is 4.79 Å². The highest BCUT2D eigenvalue weighted by molar-refractivity contribution is 6.04. The molecule has 120 valence electrons. The Morgan fingerprint density at radius 1 is 1.08 bits per heavy atom. The van der Waals surface area contributed by atoms with Crippen molar-refractivity contribution >= 4 is 11.6 Å². The predicted octanol–water partition coefficient (Wildman–Crippen LogP) is 3.16. The number of carbonyl (C=O) groups excluding carboxylic acids is 1. The van der Waals surface area contributed by atoms with E-state index in [2.05, 4.69) is 16.9 Å². The average Bonchev–Trinajstić information content (AvgIpc) is 3.09. The molecule has 5 heteroatoms. The lowest BCUT2D eigenvalue weighted by Gasteiger charge is -2.19. The maximum absolute atomic E-state index is 12.8. The van der Waals surface area contributed by atoms with E-state index in [9.17, 15) is 4.79 Å². The van der Waals surface area contributed by atoms with E-state index in [-0.39, 0.29) is 5.91 Å². The molecular formula is C19H18N4O. The lowest BCUT2D eigenvalue weighted by Crippen LogP contribution is -2.31. The molecular weight excluding hydrogens is 300 g/mol. The first-order valence-electron chi connectivity index (χ1n) is 7.70. The average molecular weight is 318 g/mol. The summed E-state index contributed by atoms with van der Waals surface area (Å²) in [5.74, 6) is -0.194. The molecule has 0 fully saturated rings. The largest absolute Gasteiger partial charge is 0.303 e. The maximum Gasteiger partial charge on any atom is 0.280 e. The molecule has 0 N–H and O–H groups in total. The van der Waals surface area contributed by atoms with E-state index in [0.717, 1.165) is 11.3 Å². The second-order valence-electron chi connectivity index (χ2n) is 5.33. The molecule has 3 aromatic rings. The minimum atomic E-state index is -0.194. The Kier molecular flexibility index (Phi) is 4.81. The van der Waals surface area contributed by atoms with E-state index >= 15 is 0 Å². The van der Waals surface area contributed by atoms with Gasteiger partial charge in [0.15, 0.2) is 5.69 Å². The highest BCUT2D eigenvalue weighted by Crippen LogP contribution is 2.16. The lowest BCUT2D eigenvalue weighted by molar-refractivity contribution is 0.0985. The summed E-state index contributed by atoms with van der Waals surface area (Å²) in [5, 5.41) is 8.09. The van der Waals surface area contributed by atoms with Gasteiger partial charge in [-0.3, -0.25) is 4.79 Å². The van der Waals surface area contributed by atoms with Crippen molar-refractivity contribution in [2.75, 3.05) is 11.4 Å². The van der Waals surface area contributed by atoms with Gasteiger partial charge in [-0.25, -0.2) is 4.68 Å². The normalized spacial score (nSPS) is 10.3. The minimum Gasteiger partial charge on any atom is -0.303 e. The molecule has 0 aliphatic rings. The zero-order valence-electron chi connectivity index (χ0n) is 13.2. The summed E-state index contributed by atoms with van der Waals surface area (Å²) in [6.07, 6.45) is 3.37. The van der Waals surface area contributed by atoms with Crippen LogP contribution in [0.15, 0.2) is 79.5 Å². The van der Waals surface area contributed by atoms with Crippen molar-refractivity contribution in [1.29, 1.82) is 0 Å². The fourth-order valence-electron chi connectivity index (χ4n) is 2.43. The number of amides is 1. The van der Waals surface area contributed by atoms with Crippen LogP contribution in [0.1, 0.15) is 16.1 Å². The number of aromatic nitrogens is 3. The number of rotatable bonds is 6. The van der Waals surface area contributed by atoms with Crippen LogP contribution in [0.5, 0.6) is 0 Å². The Bertz CT molecular complexity index is 812. The summed E-state index contributed by atoms with van der Waals surface area (Å²) in [4.78, 5) is 14.4. The zero-order valence-corrected chi connectivity index (χ0v) is 13.2. The number of para-hydroxylation sites is 1. The van der Waals surface area contributed by atoms with Gasteiger partial charge >= 0.3 is 0 Å². The molecule has 1 aromatic heterocycles. The number of nitrogens with zero attached hydrogens (tertiary/aromatic N) is 4. The first-order chi connectivity index (χ1) is 11.8. The van der Waals surface area contributed by atoms with Crippen LogP contribution >= 0.6 is 0 Å². The number of hydrogen-bond acceptors (Lipinski definition) is 3. The van der Waals surface area contributed by atoms with Gasteiger partial charge in [0.2, 0.25) is 0 Å². The number of benzene rings is 2. The lowest BCUT2D eigenvalue weighted by atomic mass is 10.2. The molecule has 0 saturated heterocycles. The van der Waals surface area contributed by atoms with Gasteiger partial charge in [0, 0.05) is 12.2 Å². The summed E-state index contributed by atoms with van der Waals surface area (Å²) in [6.45, 7) is 4.72. The third kappa shape index (κ3) is 3.57. The molecule has 1 amide bonds. The number of carbonyl (C=O) groups is 1. The van der Waals surface area contributed by atoms with Crippen molar-refractivity contribution in [3.63, 3.8) is 0 Å². The standard InChI is InChI=1S/C19H18N4O/c1-2-13-23(17-11-7-4-8-12-17)19(24)18-15-22(21-20-18)14-16-9-5-3-6-10-16/h2-12,15H,1,13-14H2. The highest BCUT2D eigenvalue weighted by Gasteiger charge is 2.19. The second kappa shape index (κ2) is 7.37. The molecule has 0 aliphatic carbocycles. The molecule has 3 rings (SSSR count). The van der Waals surface area contributed by atoms with E-state index in [4.69, 9.17) is 0 Å². The van der Waals surface area contributed by atoms with Crippen molar-refractivity contribution in [3.05, 3.63) is 90.8 Å². The van der Waals surface area contributed by atoms with Gasteiger partial charge in [-0.2, -0.15) is 0 Å². The van der Waals surface area contributed by atoms with Gasteiger partial charge in [0.05, 0.1) is 12.7 Å². The van der Waals surface area contributed by atoms with Gasteiger partial charge in [0.25, 0.3) is 5.91 Å². The van der Waals surface area contributed by atoms with E-state index in [1.54, 1.807) is 21.9 Å². The Morgan fingerprint density at radius 3 is 2.42 bits per heavy atom. The van der Waals surface area contributed by atoms with Gasteiger partial charge in [-0.05, 0) is 17.7 Å². The predicted molar refractivity (Wildman–Crippen MR) is 93.9 cm³/mol. The van der Waals surface area contributed by atoms with E-state index < -0.39 is 0 Å². The maximum atomic E-state index is 12.8. The molecule has 0 bridgehead atoms. The summed E-state index contributed by atoms with van der Waals surface area (Å²) in [5.41, 5.74) is 2.23. The molecule has 2 aromatic carbocycles. The quantitative estimate of drug-likeness (QED) is 0.656. The van der Waals surface area contributed by atoms with Crippen LogP contribution in [0.25, 0.3) is 0 Å². The van der Waals surface area contributed by atoms with Gasteiger partial charge in [-0.15, -0.1) is 11.7 Å². The first-order valence-corrected chi connectivity index (χ1v) is 7.70. The molecule has 24 heavy (non-hydrogen) atoms. The van der Waals surface area contributed by atoms with E-state index in [1.807, 2.05) is 60.7 Å². The Hall–Kier alpha value is -3.21. The Morgan fingerprint density at radius 2 is 1.75 bits per heavy atom.